The van der Waals surface area contributed by atoms with Crippen LogP contribution in [0.2, 0.25) is 0 Å². The van der Waals surface area contributed by atoms with E-state index in [1.165, 1.54) is 11.0 Å². The van der Waals surface area contributed by atoms with Crippen LogP contribution in [-0.4, -0.2) is 34.2 Å². The Labute approximate surface area is 126 Å². The first kappa shape index (κ1) is 14.8. The van der Waals surface area contributed by atoms with Gasteiger partial charge in [0.1, 0.15) is 5.57 Å². The molecule has 0 bridgehead atoms. The minimum absolute atomic E-state index is 0.00853. The Bertz CT molecular complexity index is 665. The number of hydrogen-bond donors (Lipinski definition) is 1. The highest BCUT2D eigenvalue weighted by Crippen LogP contribution is 2.12. The van der Waals surface area contributed by atoms with E-state index in [-0.39, 0.29) is 17.2 Å². The Balaban J connectivity index is 2.32. The van der Waals surface area contributed by atoms with Crippen LogP contribution in [0, 0.1) is 0 Å². The van der Waals surface area contributed by atoms with E-state index >= 15 is 0 Å². The summed E-state index contributed by atoms with van der Waals surface area (Å²) in [5.74, 6) is -1.69. The van der Waals surface area contributed by atoms with E-state index in [0.717, 1.165) is 6.08 Å². The van der Waals surface area contributed by atoms with Crippen molar-refractivity contribution in [1.29, 1.82) is 0 Å². The molecule has 1 aliphatic rings. The lowest BCUT2D eigenvalue weighted by Gasteiger charge is -2.27. The maximum absolute atomic E-state index is 12.2. The summed E-state index contributed by atoms with van der Waals surface area (Å²) in [6.45, 7) is 3.69. The molecule has 0 radical (unpaired) electrons. The molecule has 1 aromatic rings. The summed E-state index contributed by atoms with van der Waals surface area (Å²) < 4.78 is 0. The van der Waals surface area contributed by atoms with Crippen molar-refractivity contribution < 1.29 is 14.4 Å². The highest BCUT2D eigenvalue weighted by atomic mass is 32.1. The molecule has 1 aliphatic heterocycles. The fraction of sp³-hybridized carbons (Fsp3) is 0.0667. The number of carbonyl (C=O) groups is 3. The lowest BCUT2D eigenvalue weighted by Crippen LogP contribution is -2.54. The number of carbonyl (C=O) groups excluding carboxylic acids is 3. The van der Waals surface area contributed by atoms with Crippen molar-refractivity contribution in [2.45, 2.75) is 0 Å². The van der Waals surface area contributed by atoms with Crippen molar-refractivity contribution in [2.24, 2.45) is 0 Å². The first-order valence-electron chi connectivity index (χ1n) is 6.13. The van der Waals surface area contributed by atoms with Crippen LogP contribution in [0.1, 0.15) is 10.4 Å². The van der Waals surface area contributed by atoms with Gasteiger partial charge in [0, 0.05) is 18.2 Å². The Hall–Kier alpha value is -2.60. The van der Waals surface area contributed by atoms with Crippen LogP contribution in [0.5, 0.6) is 0 Å². The Morgan fingerprint density at radius 3 is 2.57 bits per heavy atom. The number of ketones is 1. The second-order valence-electron chi connectivity index (χ2n) is 4.25. The SMILES string of the molecule is C=CCN1C(=O)/C(=C/C(=O)c2ccccc2)C(=O)NC1=S. The van der Waals surface area contributed by atoms with E-state index in [1.807, 2.05) is 0 Å². The molecule has 1 N–H and O–H groups in total. The smallest absolute Gasteiger partial charge is 0.266 e. The molecule has 5 nitrogen and oxygen atoms in total. The summed E-state index contributed by atoms with van der Waals surface area (Å²) in [5.41, 5.74) is 0.160. The van der Waals surface area contributed by atoms with Gasteiger partial charge < -0.3 is 0 Å². The zero-order valence-electron chi connectivity index (χ0n) is 11.0. The third-order valence-corrected chi connectivity index (χ3v) is 3.15. The number of nitrogens with zero attached hydrogens (tertiary/aromatic N) is 1. The number of benzene rings is 1. The van der Waals surface area contributed by atoms with E-state index in [9.17, 15) is 14.4 Å². The Morgan fingerprint density at radius 1 is 1.29 bits per heavy atom. The van der Waals surface area contributed by atoms with Gasteiger partial charge in [-0.1, -0.05) is 36.4 Å². The Kier molecular flexibility index (Phi) is 4.39. The summed E-state index contributed by atoms with van der Waals surface area (Å²) in [4.78, 5) is 37.3. The molecular formula is C15H12N2O3S. The molecule has 0 spiro atoms. The van der Waals surface area contributed by atoms with Crippen LogP contribution < -0.4 is 5.32 Å². The normalized spacial score (nSPS) is 16.9. The van der Waals surface area contributed by atoms with Crippen molar-refractivity contribution in [3.05, 3.63) is 60.2 Å². The van der Waals surface area contributed by atoms with Crippen molar-refractivity contribution in [3.8, 4) is 0 Å². The average Bonchev–Trinajstić information content (AvgIpc) is 2.48. The van der Waals surface area contributed by atoms with Crippen LogP contribution in [0.15, 0.2) is 54.6 Å². The fourth-order valence-corrected chi connectivity index (χ4v) is 2.06. The zero-order valence-corrected chi connectivity index (χ0v) is 11.9. The van der Waals surface area contributed by atoms with Crippen LogP contribution in [0.25, 0.3) is 0 Å². The minimum atomic E-state index is -0.672. The maximum atomic E-state index is 12.2. The number of hydrogen-bond acceptors (Lipinski definition) is 4. The van der Waals surface area contributed by atoms with Gasteiger partial charge in [-0.05, 0) is 12.2 Å². The van der Waals surface area contributed by atoms with Crippen molar-refractivity contribution in [3.63, 3.8) is 0 Å². The topological polar surface area (TPSA) is 66.5 Å². The average molecular weight is 300 g/mol. The van der Waals surface area contributed by atoms with Gasteiger partial charge in [-0.25, -0.2) is 0 Å². The third kappa shape index (κ3) is 3.11. The van der Waals surface area contributed by atoms with Gasteiger partial charge in [0.2, 0.25) is 0 Å². The lowest BCUT2D eigenvalue weighted by molar-refractivity contribution is -0.128. The highest BCUT2D eigenvalue weighted by Gasteiger charge is 2.33. The number of thiocarbonyl (C=S) groups is 1. The number of allylic oxidation sites excluding steroid dienone is 1. The third-order valence-electron chi connectivity index (χ3n) is 2.83. The molecule has 1 aromatic carbocycles. The molecule has 1 fully saturated rings. The van der Waals surface area contributed by atoms with Crippen LogP contribution in [-0.2, 0) is 9.59 Å². The van der Waals surface area contributed by atoms with E-state index < -0.39 is 17.6 Å². The number of rotatable bonds is 4. The predicted octanol–water partition coefficient (Wildman–Crippen LogP) is 1.23. The van der Waals surface area contributed by atoms with Crippen LogP contribution in [0.4, 0.5) is 0 Å². The summed E-state index contributed by atoms with van der Waals surface area (Å²) in [6.07, 6.45) is 2.52. The molecule has 0 aliphatic carbocycles. The van der Waals surface area contributed by atoms with Gasteiger partial charge in [-0.15, -0.1) is 6.58 Å². The van der Waals surface area contributed by atoms with Gasteiger partial charge in [0.15, 0.2) is 10.9 Å². The monoisotopic (exact) mass is 300 g/mol. The fourth-order valence-electron chi connectivity index (χ4n) is 1.81. The second-order valence-corrected chi connectivity index (χ2v) is 4.64. The molecule has 1 saturated heterocycles. The van der Waals surface area contributed by atoms with Gasteiger partial charge in [-0.2, -0.15) is 0 Å². The van der Waals surface area contributed by atoms with Crippen LogP contribution in [0.3, 0.4) is 0 Å². The molecule has 21 heavy (non-hydrogen) atoms. The lowest BCUT2D eigenvalue weighted by atomic mass is 10.1. The first-order chi connectivity index (χ1) is 10.0. The Morgan fingerprint density at radius 2 is 1.95 bits per heavy atom. The molecule has 2 amide bonds. The summed E-state index contributed by atoms with van der Waals surface area (Å²) in [5, 5.41) is 2.39. The molecule has 2 rings (SSSR count). The van der Waals surface area contributed by atoms with Gasteiger partial charge in [0.05, 0.1) is 0 Å². The standard InChI is InChI=1S/C15H12N2O3S/c1-2-8-17-14(20)11(13(19)16-15(17)21)9-12(18)10-6-4-3-5-7-10/h2-7,9H,1,8H2,(H,16,19,21)/b11-9+. The minimum Gasteiger partial charge on any atom is -0.298 e. The van der Waals surface area contributed by atoms with Crippen molar-refractivity contribution >= 4 is 34.9 Å². The van der Waals surface area contributed by atoms with Gasteiger partial charge >= 0.3 is 0 Å². The molecule has 0 aromatic heterocycles. The van der Waals surface area contributed by atoms with E-state index in [1.54, 1.807) is 30.3 Å². The molecular weight excluding hydrogens is 288 g/mol. The van der Waals surface area contributed by atoms with E-state index in [0.29, 0.717) is 5.56 Å². The quantitative estimate of drug-likeness (QED) is 0.298. The highest BCUT2D eigenvalue weighted by molar-refractivity contribution is 7.80. The zero-order chi connectivity index (χ0) is 15.4. The first-order valence-corrected chi connectivity index (χ1v) is 6.54. The molecule has 1 heterocycles. The van der Waals surface area contributed by atoms with E-state index in [4.69, 9.17) is 12.2 Å². The molecule has 6 heteroatoms. The summed E-state index contributed by atoms with van der Waals surface area (Å²) in [6, 6.07) is 8.39. The predicted molar refractivity (Wildman–Crippen MR) is 81.5 cm³/mol. The van der Waals surface area contributed by atoms with Gasteiger partial charge in [-0.3, -0.25) is 24.6 Å². The van der Waals surface area contributed by atoms with Crippen molar-refractivity contribution in [2.75, 3.05) is 6.54 Å². The number of nitrogens with one attached hydrogen (secondary N) is 1. The number of amides is 2. The van der Waals surface area contributed by atoms with Crippen LogP contribution >= 0.6 is 12.2 Å². The molecule has 0 saturated carbocycles. The molecule has 0 unspecified atom stereocenters. The maximum Gasteiger partial charge on any atom is 0.266 e. The molecule has 0 atom stereocenters. The van der Waals surface area contributed by atoms with E-state index in [2.05, 4.69) is 11.9 Å². The largest absolute Gasteiger partial charge is 0.298 e. The summed E-state index contributed by atoms with van der Waals surface area (Å²) >= 11 is 4.92. The second kappa shape index (κ2) is 6.23. The summed E-state index contributed by atoms with van der Waals surface area (Å²) in [7, 11) is 0. The van der Waals surface area contributed by atoms with Crippen molar-refractivity contribution in [1.82, 2.24) is 10.2 Å². The molecule has 106 valence electrons. The van der Waals surface area contributed by atoms with Gasteiger partial charge in [0.25, 0.3) is 11.8 Å².